The lowest BCUT2D eigenvalue weighted by Gasteiger charge is -2.21. The van der Waals surface area contributed by atoms with Crippen LogP contribution in [0.1, 0.15) is 23.2 Å². The Hall–Kier alpha value is -1.40. The standard InChI is InChI=1S/C10H16N2O4/c1-6-8(16-5-11-6)9(13)12-7(2)10(14-3)15-4/h5,7,10H,1-4H3,(H,12,13). The van der Waals surface area contributed by atoms with E-state index in [-0.39, 0.29) is 17.7 Å². The Bertz CT molecular complexity index is 346. The number of rotatable bonds is 5. The summed E-state index contributed by atoms with van der Waals surface area (Å²) in [6.45, 7) is 3.48. The van der Waals surface area contributed by atoms with E-state index in [1.54, 1.807) is 13.8 Å². The largest absolute Gasteiger partial charge is 0.438 e. The summed E-state index contributed by atoms with van der Waals surface area (Å²) >= 11 is 0. The number of amides is 1. The van der Waals surface area contributed by atoms with Crippen molar-refractivity contribution in [2.45, 2.75) is 26.2 Å². The maximum Gasteiger partial charge on any atom is 0.289 e. The van der Waals surface area contributed by atoms with Gasteiger partial charge in [-0.15, -0.1) is 0 Å². The highest BCUT2D eigenvalue weighted by Crippen LogP contribution is 2.06. The van der Waals surface area contributed by atoms with Crippen molar-refractivity contribution in [1.82, 2.24) is 10.3 Å². The van der Waals surface area contributed by atoms with Gasteiger partial charge in [0.2, 0.25) is 5.76 Å². The SMILES string of the molecule is COC(OC)C(C)NC(=O)c1ocnc1C. The molecule has 6 heteroatoms. The number of methoxy groups -OCH3 is 2. The highest BCUT2D eigenvalue weighted by molar-refractivity contribution is 5.92. The van der Waals surface area contributed by atoms with E-state index in [0.717, 1.165) is 0 Å². The monoisotopic (exact) mass is 228 g/mol. The second kappa shape index (κ2) is 5.62. The van der Waals surface area contributed by atoms with Crippen molar-refractivity contribution in [3.05, 3.63) is 17.8 Å². The minimum Gasteiger partial charge on any atom is -0.438 e. The predicted octanol–water partition coefficient (Wildman–Crippen LogP) is 0.720. The minimum atomic E-state index is -0.493. The smallest absolute Gasteiger partial charge is 0.289 e. The molecule has 1 unspecified atom stereocenters. The van der Waals surface area contributed by atoms with Crippen LogP contribution >= 0.6 is 0 Å². The van der Waals surface area contributed by atoms with Gasteiger partial charge in [0.15, 0.2) is 12.7 Å². The number of aryl methyl sites for hydroxylation is 1. The second-order valence-electron chi connectivity index (χ2n) is 3.37. The molecule has 16 heavy (non-hydrogen) atoms. The van der Waals surface area contributed by atoms with E-state index in [9.17, 15) is 4.79 Å². The van der Waals surface area contributed by atoms with Gasteiger partial charge in [-0.3, -0.25) is 4.79 Å². The van der Waals surface area contributed by atoms with Crippen molar-refractivity contribution >= 4 is 5.91 Å². The van der Waals surface area contributed by atoms with E-state index >= 15 is 0 Å². The average Bonchev–Trinajstić information content (AvgIpc) is 2.66. The molecule has 90 valence electrons. The van der Waals surface area contributed by atoms with Gasteiger partial charge < -0.3 is 19.2 Å². The number of ether oxygens (including phenoxy) is 2. The molecular formula is C10H16N2O4. The first kappa shape index (κ1) is 12.7. The van der Waals surface area contributed by atoms with Gasteiger partial charge in [0.05, 0.1) is 11.7 Å². The molecular weight excluding hydrogens is 212 g/mol. The highest BCUT2D eigenvalue weighted by atomic mass is 16.7. The first-order valence-electron chi connectivity index (χ1n) is 4.86. The van der Waals surface area contributed by atoms with E-state index in [4.69, 9.17) is 13.9 Å². The van der Waals surface area contributed by atoms with Crippen LogP contribution in [0.25, 0.3) is 0 Å². The molecule has 1 heterocycles. The number of carbonyl (C=O) groups excluding carboxylic acids is 1. The van der Waals surface area contributed by atoms with E-state index in [1.807, 2.05) is 0 Å². The van der Waals surface area contributed by atoms with Crippen molar-refractivity contribution in [3.8, 4) is 0 Å². The van der Waals surface area contributed by atoms with Gasteiger partial charge in [-0.05, 0) is 13.8 Å². The van der Waals surface area contributed by atoms with Crippen molar-refractivity contribution < 1.29 is 18.7 Å². The van der Waals surface area contributed by atoms with Gasteiger partial charge in [-0.2, -0.15) is 0 Å². The molecule has 0 spiro atoms. The summed E-state index contributed by atoms with van der Waals surface area (Å²) in [5, 5.41) is 2.70. The van der Waals surface area contributed by atoms with Crippen molar-refractivity contribution in [2.24, 2.45) is 0 Å². The summed E-state index contributed by atoms with van der Waals surface area (Å²) in [5.74, 6) is -0.126. The van der Waals surface area contributed by atoms with Gasteiger partial charge in [0.1, 0.15) is 0 Å². The van der Waals surface area contributed by atoms with Gasteiger partial charge in [0.25, 0.3) is 5.91 Å². The molecule has 1 aromatic rings. The Labute approximate surface area is 93.9 Å². The number of hydrogen-bond acceptors (Lipinski definition) is 5. The van der Waals surface area contributed by atoms with Crippen molar-refractivity contribution in [2.75, 3.05) is 14.2 Å². The molecule has 0 bridgehead atoms. The molecule has 0 aliphatic heterocycles. The average molecular weight is 228 g/mol. The fourth-order valence-electron chi connectivity index (χ4n) is 1.36. The fraction of sp³-hybridized carbons (Fsp3) is 0.600. The van der Waals surface area contributed by atoms with Gasteiger partial charge in [-0.1, -0.05) is 0 Å². The molecule has 1 aromatic heterocycles. The third-order valence-electron chi connectivity index (χ3n) is 2.18. The van der Waals surface area contributed by atoms with Gasteiger partial charge in [0, 0.05) is 14.2 Å². The van der Waals surface area contributed by atoms with Crippen LogP contribution in [0.15, 0.2) is 10.8 Å². The molecule has 0 saturated carbocycles. The normalized spacial score (nSPS) is 12.8. The lowest BCUT2D eigenvalue weighted by molar-refractivity contribution is -0.117. The number of oxazole rings is 1. The van der Waals surface area contributed by atoms with Gasteiger partial charge >= 0.3 is 0 Å². The number of nitrogens with zero attached hydrogens (tertiary/aromatic N) is 1. The third-order valence-corrected chi connectivity index (χ3v) is 2.18. The van der Waals surface area contributed by atoms with Crippen LogP contribution in [0.2, 0.25) is 0 Å². The summed E-state index contributed by atoms with van der Waals surface area (Å²) in [4.78, 5) is 15.6. The predicted molar refractivity (Wildman–Crippen MR) is 56.0 cm³/mol. The molecule has 0 radical (unpaired) electrons. The van der Waals surface area contributed by atoms with Crippen LogP contribution in [0.5, 0.6) is 0 Å². The lowest BCUT2D eigenvalue weighted by atomic mass is 10.3. The second-order valence-corrected chi connectivity index (χ2v) is 3.37. The Morgan fingerprint density at radius 1 is 1.50 bits per heavy atom. The zero-order valence-electron chi connectivity index (χ0n) is 9.81. The molecule has 0 aliphatic carbocycles. The van der Waals surface area contributed by atoms with Crippen LogP contribution in [0, 0.1) is 6.92 Å². The fourth-order valence-corrected chi connectivity index (χ4v) is 1.36. The van der Waals surface area contributed by atoms with Crippen molar-refractivity contribution in [3.63, 3.8) is 0 Å². The molecule has 0 aliphatic rings. The Kier molecular flexibility index (Phi) is 4.45. The van der Waals surface area contributed by atoms with Crippen LogP contribution in [0.3, 0.4) is 0 Å². The third kappa shape index (κ3) is 2.80. The maximum atomic E-state index is 11.7. The number of nitrogens with one attached hydrogen (secondary N) is 1. The zero-order valence-corrected chi connectivity index (χ0v) is 9.81. The van der Waals surface area contributed by atoms with E-state index in [0.29, 0.717) is 5.69 Å². The van der Waals surface area contributed by atoms with Crippen LogP contribution in [0.4, 0.5) is 0 Å². The molecule has 1 rings (SSSR count). The number of hydrogen-bond donors (Lipinski definition) is 1. The summed E-state index contributed by atoms with van der Waals surface area (Å²) in [7, 11) is 3.02. The summed E-state index contributed by atoms with van der Waals surface area (Å²) in [6.07, 6.45) is 0.742. The van der Waals surface area contributed by atoms with Crippen molar-refractivity contribution in [1.29, 1.82) is 0 Å². The highest BCUT2D eigenvalue weighted by Gasteiger charge is 2.21. The topological polar surface area (TPSA) is 73.6 Å². The van der Waals surface area contributed by atoms with E-state index < -0.39 is 6.29 Å². The summed E-state index contributed by atoms with van der Waals surface area (Å²) in [5.41, 5.74) is 0.552. The molecule has 0 fully saturated rings. The molecule has 0 aromatic carbocycles. The van der Waals surface area contributed by atoms with E-state index in [2.05, 4.69) is 10.3 Å². The zero-order chi connectivity index (χ0) is 12.1. The first-order chi connectivity index (χ1) is 7.60. The van der Waals surface area contributed by atoms with Crippen LogP contribution in [-0.4, -0.2) is 37.4 Å². The lowest BCUT2D eigenvalue weighted by Crippen LogP contribution is -2.43. The van der Waals surface area contributed by atoms with E-state index in [1.165, 1.54) is 20.6 Å². The molecule has 0 saturated heterocycles. The van der Waals surface area contributed by atoms with Gasteiger partial charge in [-0.25, -0.2) is 4.98 Å². The summed E-state index contributed by atoms with van der Waals surface area (Å²) in [6, 6.07) is -0.285. The Balaban J connectivity index is 2.61. The van der Waals surface area contributed by atoms with Crippen LogP contribution < -0.4 is 5.32 Å². The molecule has 1 atom stereocenters. The first-order valence-corrected chi connectivity index (χ1v) is 4.86. The molecule has 1 amide bonds. The molecule has 1 N–H and O–H groups in total. The number of carbonyl (C=O) groups is 1. The molecule has 6 nitrogen and oxygen atoms in total. The number of aromatic nitrogens is 1. The minimum absolute atomic E-state index is 0.206. The Morgan fingerprint density at radius 2 is 2.12 bits per heavy atom. The van der Waals surface area contributed by atoms with Crippen LogP contribution in [-0.2, 0) is 9.47 Å². The summed E-state index contributed by atoms with van der Waals surface area (Å²) < 4.78 is 15.0. The quantitative estimate of drug-likeness (QED) is 0.752. The Morgan fingerprint density at radius 3 is 2.56 bits per heavy atom. The maximum absolute atomic E-state index is 11.7.